The van der Waals surface area contributed by atoms with E-state index in [2.05, 4.69) is 5.32 Å². The van der Waals surface area contributed by atoms with Crippen LogP contribution in [0.3, 0.4) is 0 Å². The van der Waals surface area contributed by atoms with Gasteiger partial charge < -0.3 is 10.1 Å². The van der Waals surface area contributed by atoms with Gasteiger partial charge in [-0.3, -0.25) is 9.59 Å². The lowest BCUT2D eigenvalue weighted by Gasteiger charge is -2.05. The second-order valence-corrected chi connectivity index (χ2v) is 3.59. The summed E-state index contributed by atoms with van der Waals surface area (Å²) in [6.45, 7) is 2.64. The number of ether oxygens (including phenoxy) is 1. The molecule has 1 rings (SSSR count). The van der Waals surface area contributed by atoms with Crippen LogP contribution in [-0.2, 0) is 20.7 Å². The van der Waals surface area contributed by atoms with Crippen molar-refractivity contribution >= 4 is 11.9 Å². The van der Waals surface area contributed by atoms with Gasteiger partial charge in [-0.1, -0.05) is 30.3 Å². The van der Waals surface area contributed by atoms with Crippen LogP contribution in [0.2, 0.25) is 0 Å². The van der Waals surface area contributed by atoms with Gasteiger partial charge in [-0.05, 0) is 12.5 Å². The molecule has 0 spiro atoms. The molecule has 0 fully saturated rings. The lowest BCUT2D eigenvalue weighted by atomic mass is 10.2. The molecule has 0 atom stereocenters. The molecule has 0 aliphatic carbocycles. The summed E-state index contributed by atoms with van der Waals surface area (Å²) < 4.78 is 4.96. The summed E-state index contributed by atoms with van der Waals surface area (Å²) in [7, 11) is 0. The predicted octanol–water partition coefficient (Wildman–Crippen LogP) is 1.30. The molecule has 0 aliphatic heterocycles. The van der Waals surface area contributed by atoms with Gasteiger partial charge in [0, 0.05) is 13.0 Å². The van der Waals surface area contributed by atoms with Crippen molar-refractivity contribution in [2.45, 2.75) is 19.8 Å². The fourth-order valence-corrected chi connectivity index (χ4v) is 1.37. The molecule has 1 N–H and O–H groups in total. The van der Waals surface area contributed by atoms with Gasteiger partial charge in [-0.25, -0.2) is 0 Å². The zero-order valence-electron chi connectivity index (χ0n) is 9.94. The number of nitrogens with one attached hydrogen (secondary N) is 1. The zero-order chi connectivity index (χ0) is 12.5. The van der Waals surface area contributed by atoms with Crippen LogP contribution in [-0.4, -0.2) is 25.0 Å². The quantitative estimate of drug-likeness (QED) is 0.597. The first-order valence-corrected chi connectivity index (χ1v) is 5.68. The van der Waals surface area contributed by atoms with Crippen molar-refractivity contribution in [3.63, 3.8) is 0 Å². The van der Waals surface area contributed by atoms with Gasteiger partial charge in [-0.2, -0.15) is 0 Å². The Morgan fingerprint density at radius 2 is 1.94 bits per heavy atom. The SMILES string of the molecule is CCNC(=O)CC(=O)OCCc1ccccc1. The van der Waals surface area contributed by atoms with Crippen molar-refractivity contribution in [2.24, 2.45) is 0 Å². The molecular formula is C13H17NO3. The molecule has 17 heavy (non-hydrogen) atoms. The highest BCUT2D eigenvalue weighted by molar-refractivity contribution is 5.94. The number of benzene rings is 1. The Labute approximate surface area is 101 Å². The Bertz CT molecular complexity index is 362. The van der Waals surface area contributed by atoms with Crippen molar-refractivity contribution in [3.8, 4) is 0 Å². The molecule has 92 valence electrons. The Morgan fingerprint density at radius 1 is 1.24 bits per heavy atom. The van der Waals surface area contributed by atoms with Gasteiger partial charge in [0.15, 0.2) is 0 Å². The highest BCUT2D eigenvalue weighted by Gasteiger charge is 2.09. The van der Waals surface area contributed by atoms with Crippen molar-refractivity contribution in [3.05, 3.63) is 35.9 Å². The van der Waals surface area contributed by atoms with Crippen LogP contribution in [0.15, 0.2) is 30.3 Å². The fraction of sp³-hybridized carbons (Fsp3) is 0.385. The van der Waals surface area contributed by atoms with Crippen LogP contribution in [0.5, 0.6) is 0 Å². The second kappa shape index (κ2) is 7.44. The number of esters is 1. The van der Waals surface area contributed by atoms with Gasteiger partial charge in [-0.15, -0.1) is 0 Å². The summed E-state index contributed by atoms with van der Waals surface area (Å²) >= 11 is 0. The highest BCUT2D eigenvalue weighted by Crippen LogP contribution is 2.00. The third kappa shape index (κ3) is 5.70. The Hall–Kier alpha value is -1.84. The summed E-state index contributed by atoms with van der Waals surface area (Å²) in [4.78, 5) is 22.3. The summed E-state index contributed by atoms with van der Waals surface area (Å²) in [5, 5.41) is 2.54. The number of amides is 1. The standard InChI is InChI=1S/C13H17NO3/c1-2-14-12(15)10-13(16)17-9-8-11-6-4-3-5-7-11/h3-7H,2,8-10H2,1H3,(H,14,15). The molecule has 4 heteroatoms. The molecule has 0 unspecified atom stereocenters. The maximum absolute atomic E-state index is 11.2. The lowest BCUT2D eigenvalue weighted by Crippen LogP contribution is -2.26. The van der Waals surface area contributed by atoms with Crippen LogP contribution < -0.4 is 5.32 Å². The minimum Gasteiger partial charge on any atom is -0.465 e. The van der Waals surface area contributed by atoms with E-state index >= 15 is 0 Å². The predicted molar refractivity (Wildman–Crippen MR) is 64.4 cm³/mol. The van der Waals surface area contributed by atoms with Crippen LogP contribution in [0, 0.1) is 0 Å². The molecule has 1 aromatic rings. The van der Waals surface area contributed by atoms with E-state index in [1.165, 1.54) is 0 Å². The van der Waals surface area contributed by atoms with E-state index in [4.69, 9.17) is 4.74 Å². The number of carbonyl (C=O) groups is 2. The van der Waals surface area contributed by atoms with Gasteiger partial charge in [0.25, 0.3) is 0 Å². The maximum Gasteiger partial charge on any atom is 0.315 e. The topological polar surface area (TPSA) is 55.4 Å². The first-order valence-electron chi connectivity index (χ1n) is 5.68. The molecule has 0 heterocycles. The van der Waals surface area contributed by atoms with Crippen molar-refractivity contribution in [2.75, 3.05) is 13.2 Å². The van der Waals surface area contributed by atoms with Crippen LogP contribution >= 0.6 is 0 Å². The first-order chi connectivity index (χ1) is 8.22. The zero-order valence-corrected chi connectivity index (χ0v) is 9.94. The number of hydrogen-bond acceptors (Lipinski definition) is 3. The molecule has 0 bridgehead atoms. The first kappa shape index (κ1) is 13.2. The smallest absolute Gasteiger partial charge is 0.315 e. The molecule has 0 saturated heterocycles. The summed E-state index contributed by atoms with van der Waals surface area (Å²) in [5.74, 6) is -0.774. The van der Waals surface area contributed by atoms with Crippen molar-refractivity contribution in [1.82, 2.24) is 5.32 Å². The van der Waals surface area contributed by atoms with Gasteiger partial charge in [0.2, 0.25) is 5.91 Å². The normalized spacial score (nSPS) is 9.71. The van der Waals surface area contributed by atoms with E-state index in [0.29, 0.717) is 19.6 Å². The number of hydrogen-bond donors (Lipinski definition) is 1. The number of rotatable bonds is 6. The van der Waals surface area contributed by atoms with Crippen LogP contribution in [0.4, 0.5) is 0 Å². The molecule has 0 saturated carbocycles. The maximum atomic E-state index is 11.2. The van der Waals surface area contributed by atoms with E-state index in [9.17, 15) is 9.59 Å². The Balaban J connectivity index is 2.18. The van der Waals surface area contributed by atoms with E-state index in [1.807, 2.05) is 30.3 Å². The minimum atomic E-state index is -0.480. The van der Waals surface area contributed by atoms with E-state index in [1.54, 1.807) is 6.92 Å². The van der Waals surface area contributed by atoms with Crippen molar-refractivity contribution in [1.29, 1.82) is 0 Å². The largest absolute Gasteiger partial charge is 0.465 e. The third-order valence-electron chi connectivity index (χ3n) is 2.18. The van der Waals surface area contributed by atoms with Crippen molar-refractivity contribution < 1.29 is 14.3 Å². The fourth-order valence-electron chi connectivity index (χ4n) is 1.37. The van der Waals surface area contributed by atoms with Gasteiger partial charge in [0.05, 0.1) is 6.61 Å². The Kier molecular flexibility index (Phi) is 5.79. The van der Waals surface area contributed by atoms with Crippen LogP contribution in [0.25, 0.3) is 0 Å². The van der Waals surface area contributed by atoms with E-state index in [0.717, 1.165) is 5.56 Å². The molecule has 0 aliphatic rings. The van der Waals surface area contributed by atoms with E-state index in [-0.39, 0.29) is 12.3 Å². The van der Waals surface area contributed by atoms with Crippen LogP contribution in [0.1, 0.15) is 18.9 Å². The average Bonchev–Trinajstić information content (AvgIpc) is 2.30. The minimum absolute atomic E-state index is 0.206. The average molecular weight is 235 g/mol. The molecule has 0 radical (unpaired) electrons. The van der Waals surface area contributed by atoms with E-state index < -0.39 is 5.97 Å². The monoisotopic (exact) mass is 235 g/mol. The van der Waals surface area contributed by atoms with Gasteiger partial charge in [0.1, 0.15) is 6.42 Å². The molecule has 1 amide bonds. The highest BCUT2D eigenvalue weighted by atomic mass is 16.5. The summed E-state index contributed by atoms with van der Waals surface area (Å²) in [6, 6.07) is 9.75. The summed E-state index contributed by atoms with van der Waals surface area (Å²) in [5.41, 5.74) is 1.11. The molecule has 4 nitrogen and oxygen atoms in total. The molecular weight excluding hydrogens is 218 g/mol. The third-order valence-corrected chi connectivity index (χ3v) is 2.18. The number of carbonyl (C=O) groups excluding carboxylic acids is 2. The summed E-state index contributed by atoms with van der Waals surface area (Å²) in [6.07, 6.45) is 0.463. The molecule has 1 aromatic carbocycles. The second-order valence-electron chi connectivity index (χ2n) is 3.59. The van der Waals surface area contributed by atoms with Gasteiger partial charge >= 0.3 is 5.97 Å². The molecule has 0 aromatic heterocycles. The Morgan fingerprint density at radius 3 is 2.59 bits per heavy atom. The lowest BCUT2D eigenvalue weighted by molar-refractivity contribution is -0.146.